The van der Waals surface area contributed by atoms with Crippen molar-refractivity contribution in [1.82, 2.24) is 5.32 Å². The number of rotatable bonds is 5. The van der Waals surface area contributed by atoms with Gasteiger partial charge in [0.2, 0.25) is 0 Å². The van der Waals surface area contributed by atoms with Crippen molar-refractivity contribution in [2.75, 3.05) is 6.54 Å². The van der Waals surface area contributed by atoms with Crippen LogP contribution in [-0.2, 0) is 0 Å². The normalized spacial score (nSPS) is 15.6. The van der Waals surface area contributed by atoms with Gasteiger partial charge in [-0.3, -0.25) is 0 Å². The molecule has 96 valence electrons. The zero-order valence-electron chi connectivity index (χ0n) is 12.0. The minimum absolute atomic E-state index is 0.377. The average molecular weight is 233 g/mol. The third-order valence-corrected chi connectivity index (χ3v) is 3.72. The lowest BCUT2D eigenvalue weighted by atomic mass is 9.77. The van der Waals surface area contributed by atoms with Gasteiger partial charge in [0.1, 0.15) is 0 Å². The van der Waals surface area contributed by atoms with Crippen molar-refractivity contribution in [3.8, 4) is 0 Å². The second-order valence-corrected chi connectivity index (χ2v) is 6.02. The molecule has 0 aromatic heterocycles. The Labute approximate surface area is 107 Å². The van der Waals surface area contributed by atoms with Crippen molar-refractivity contribution in [2.45, 2.75) is 47.1 Å². The molecule has 0 fully saturated rings. The summed E-state index contributed by atoms with van der Waals surface area (Å²) in [6.45, 7) is 12.5. The van der Waals surface area contributed by atoms with E-state index in [0.29, 0.717) is 17.4 Å². The first kappa shape index (κ1) is 14.2. The summed E-state index contributed by atoms with van der Waals surface area (Å²) in [5.41, 5.74) is 1.79. The average Bonchev–Trinajstić information content (AvgIpc) is 2.28. The number of benzene rings is 1. The lowest BCUT2D eigenvalue weighted by molar-refractivity contribution is 0.224. The van der Waals surface area contributed by atoms with Crippen LogP contribution in [0.4, 0.5) is 0 Å². The fraction of sp³-hybridized carbons (Fsp3) is 0.625. The van der Waals surface area contributed by atoms with Crippen molar-refractivity contribution in [3.05, 3.63) is 35.9 Å². The predicted octanol–water partition coefficient (Wildman–Crippen LogP) is 4.41. The summed E-state index contributed by atoms with van der Waals surface area (Å²) in [5.74, 6) is 0.701. The van der Waals surface area contributed by atoms with Crippen molar-refractivity contribution >= 4 is 0 Å². The van der Waals surface area contributed by atoms with Crippen LogP contribution in [0.15, 0.2) is 30.3 Å². The topological polar surface area (TPSA) is 12.0 Å². The Balaban J connectivity index is 2.74. The van der Waals surface area contributed by atoms with Crippen molar-refractivity contribution in [3.63, 3.8) is 0 Å². The summed E-state index contributed by atoms with van der Waals surface area (Å²) in [7, 11) is 0. The van der Waals surface area contributed by atoms with E-state index in [1.807, 2.05) is 0 Å². The molecule has 1 aromatic carbocycles. The maximum Gasteiger partial charge on any atom is 0.0322 e. The third kappa shape index (κ3) is 4.51. The van der Waals surface area contributed by atoms with E-state index in [1.165, 1.54) is 12.0 Å². The van der Waals surface area contributed by atoms with Crippen LogP contribution in [0.5, 0.6) is 0 Å². The van der Waals surface area contributed by atoms with Gasteiger partial charge in [0.15, 0.2) is 0 Å². The highest BCUT2D eigenvalue weighted by atomic mass is 14.9. The summed E-state index contributed by atoms with van der Waals surface area (Å²) in [6, 6.07) is 11.3. The summed E-state index contributed by atoms with van der Waals surface area (Å²) in [4.78, 5) is 0. The molecule has 2 atom stereocenters. The maximum atomic E-state index is 3.60. The molecule has 1 N–H and O–H groups in total. The first-order chi connectivity index (χ1) is 7.95. The molecular weight excluding hydrogens is 206 g/mol. The summed E-state index contributed by atoms with van der Waals surface area (Å²) in [5, 5.41) is 3.60. The van der Waals surface area contributed by atoms with E-state index in [-0.39, 0.29) is 0 Å². The van der Waals surface area contributed by atoms with Gasteiger partial charge in [-0.25, -0.2) is 0 Å². The molecule has 0 saturated heterocycles. The van der Waals surface area contributed by atoms with Crippen LogP contribution in [0, 0.1) is 11.3 Å². The fourth-order valence-corrected chi connectivity index (χ4v) is 1.98. The van der Waals surface area contributed by atoms with Gasteiger partial charge in [-0.15, -0.1) is 0 Å². The lowest BCUT2D eigenvalue weighted by Gasteiger charge is -2.31. The Morgan fingerprint density at radius 3 is 2.18 bits per heavy atom. The van der Waals surface area contributed by atoms with E-state index in [9.17, 15) is 0 Å². The fourth-order valence-electron chi connectivity index (χ4n) is 1.98. The predicted molar refractivity (Wildman–Crippen MR) is 76.1 cm³/mol. The number of hydrogen-bond acceptors (Lipinski definition) is 1. The molecule has 2 unspecified atom stereocenters. The smallest absolute Gasteiger partial charge is 0.0322 e. The van der Waals surface area contributed by atoms with Crippen LogP contribution in [0.25, 0.3) is 0 Å². The van der Waals surface area contributed by atoms with Gasteiger partial charge in [0, 0.05) is 6.04 Å². The summed E-state index contributed by atoms with van der Waals surface area (Å²) < 4.78 is 0. The minimum Gasteiger partial charge on any atom is -0.310 e. The van der Waals surface area contributed by atoms with E-state index in [4.69, 9.17) is 0 Å². The molecule has 0 heterocycles. The summed E-state index contributed by atoms with van der Waals surface area (Å²) >= 11 is 0. The van der Waals surface area contributed by atoms with Gasteiger partial charge in [-0.2, -0.15) is 0 Å². The second kappa shape index (κ2) is 6.20. The largest absolute Gasteiger partial charge is 0.310 e. The first-order valence-electron chi connectivity index (χ1n) is 6.73. The maximum absolute atomic E-state index is 3.60. The Bertz CT molecular complexity index is 310. The quantitative estimate of drug-likeness (QED) is 0.794. The standard InChI is InChI=1S/C16H27N/c1-6-17-15(12-13(2)16(3,4)5)14-10-8-7-9-11-14/h7-11,13,15,17H,6,12H2,1-5H3. The molecule has 0 amide bonds. The monoisotopic (exact) mass is 233 g/mol. The molecule has 17 heavy (non-hydrogen) atoms. The van der Waals surface area contributed by atoms with E-state index >= 15 is 0 Å². The third-order valence-electron chi connectivity index (χ3n) is 3.72. The lowest BCUT2D eigenvalue weighted by Crippen LogP contribution is -2.27. The molecule has 1 rings (SSSR count). The molecule has 0 aliphatic rings. The van der Waals surface area contributed by atoms with Crippen molar-refractivity contribution in [1.29, 1.82) is 0 Å². The highest BCUT2D eigenvalue weighted by Gasteiger charge is 2.23. The molecule has 0 aliphatic carbocycles. The van der Waals surface area contributed by atoms with E-state index in [2.05, 4.69) is 70.3 Å². The van der Waals surface area contributed by atoms with Crippen molar-refractivity contribution in [2.24, 2.45) is 11.3 Å². The van der Waals surface area contributed by atoms with Crippen LogP contribution in [0.1, 0.15) is 52.6 Å². The van der Waals surface area contributed by atoms with Gasteiger partial charge < -0.3 is 5.32 Å². The molecule has 0 bridgehead atoms. The second-order valence-electron chi connectivity index (χ2n) is 6.02. The van der Waals surface area contributed by atoms with Gasteiger partial charge >= 0.3 is 0 Å². The van der Waals surface area contributed by atoms with Gasteiger partial charge in [0.25, 0.3) is 0 Å². The zero-order chi connectivity index (χ0) is 12.9. The van der Waals surface area contributed by atoms with Crippen LogP contribution in [0.2, 0.25) is 0 Å². The molecule has 1 heteroatoms. The Morgan fingerprint density at radius 2 is 1.71 bits per heavy atom. The van der Waals surface area contributed by atoms with Crippen LogP contribution in [-0.4, -0.2) is 6.54 Å². The Hall–Kier alpha value is -0.820. The van der Waals surface area contributed by atoms with Crippen LogP contribution < -0.4 is 5.32 Å². The first-order valence-corrected chi connectivity index (χ1v) is 6.73. The van der Waals surface area contributed by atoms with Crippen LogP contribution in [0.3, 0.4) is 0 Å². The SMILES string of the molecule is CCNC(CC(C)C(C)(C)C)c1ccccc1. The van der Waals surface area contributed by atoms with Crippen LogP contribution >= 0.6 is 0 Å². The molecule has 1 nitrogen and oxygen atoms in total. The van der Waals surface area contributed by atoms with E-state index in [0.717, 1.165) is 6.54 Å². The molecule has 0 aliphatic heterocycles. The zero-order valence-corrected chi connectivity index (χ0v) is 12.0. The molecule has 0 saturated carbocycles. The number of hydrogen-bond donors (Lipinski definition) is 1. The highest BCUT2D eigenvalue weighted by Crippen LogP contribution is 2.33. The van der Waals surface area contributed by atoms with E-state index in [1.54, 1.807) is 0 Å². The molecule has 0 spiro atoms. The Kier molecular flexibility index (Phi) is 5.20. The van der Waals surface area contributed by atoms with Gasteiger partial charge in [-0.05, 0) is 29.9 Å². The van der Waals surface area contributed by atoms with Gasteiger partial charge in [-0.1, -0.05) is 65.0 Å². The molecular formula is C16H27N. The highest BCUT2D eigenvalue weighted by molar-refractivity contribution is 5.19. The Morgan fingerprint density at radius 1 is 1.12 bits per heavy atom. The summed E-state index contributed by atoms with van der Waals surface area (Å²) in [6.07, 6.45) is 1.20. The number of nitrogens with one attached hydrogen (secondary N) is 1. The minimum atomic E-state index is 0.377. The van der Waals surface area contributed by atoms with Gasteiger partial charge in [0.05, 0.1) is 0 Å². The molecule has 1 aromatic rings. The van der Waals surface area contributed by atoms with E-state index < -0.39 is 0 Å². The van der Waals surface area contributed by atoms with Crippen molar-refractivity contribution < 1.29 is 0 Å². The molecule has 0 radical (unpaired) electrons.